The SMILES string of the molecule is CCOC(=O)N1CCN(C(=O)CC(=O)NCCc2cccc(Cl)c2)CC1. The Morgan fingerprint density at radius 2 is 1.85 bits per heavy atom. The number of carbonyl (C=O) groups is 3. The minimum Gasteiger partial charge on any atom is -0.450 e. The molecule has 1 saturated heterocycles. The van der Waals surface area contributed by atoms with E-state index in [2.05, 4.69) is 5.32 Å². The van der Waals surface area contributed by atoms with Crippen molar-refractivity contribution in [1.29, 1.82) is 0 Å². The monoisotopic (exact) mass is 381 g/mol. The Hall–Kier alpha value is -2.28. The number of rotatable bonds is 6. The van der Waals surface area contributed by atoms with Crippen LogP contribution in [0, 0.1) is 0 Å². The van der Waals surface area contributed by atoms with Crippen LogP contribution in [0.3, 0.4) is 0 Å². The molecule has 26 heavy (non-hydrogen) atoms. The maximum Gasteiger partial charge on any atom is 0.409 e. The normalized spacial score (nSPS) is 14.1. The van der Waals surface area contributed by atoms with Crippen LogP contribution in [-0.2, 0) is 20.7 Å². The lowest BCUT2D eigenvalue weighted by atomic mass is 10.1. The molecule has 0 saturated carbocycles. The van der Waals surface area contributed by atoms with Crippen molar-refractivity contribution in [3.8, 4) is 0 Å². The predicted molar refractivity (Wildman–Crippen MR) is 98.0 cm³/mol. The lowest BCUT2D eigenvalue weighted by Crippen LogP contribution is -2.51. The van der Waals surface area contributed by atoms with E-state index in [0.717, 1.165) is 5.56 Å². The van der Waals surface area contributed by atoms with Gasteiger partial charge in [0.15, 0.2) is 0 Å². The summed E-state index contributed by atoms with van der Waals surface area (Å²) >= 11 is 5.92. The van der Waals surface area contributed by atoms with E-state index in [-0.39, 0.29) is 24.3 Å². The Kier molecular flexibility index (Phi) is 7.72. The highest BCUT2D eigenvalue weighted by Gasteiger charge is 2.25. The van der Waals surface area contributed by atoms with Gasteiger partial charge in [0.05, 0.1) is 6.61 Å². The average molecular weight is 382 g/mol. The number of nitrogens with one attached hydrogen (secondary N) is 1. The topological polar surface area (TPSA) is 79.0 Å². The summed E-state index contributed by atoms with van der Waals surface area (Å²) in [6.07, 6.45) is 0.103. The molecule has 0 atom stereocenters. The van der Waals surface area contributed by atoms with Crippen molar-refractivity contribution in [2.45, 2.75) is 19.8 Å². The van der Waals surface area contributed by atoms with Crippen LogP contribution in [0.4, 0.5) is 4.79 Å². The first kappa shape index (κ1) is 20.0. The second-order valence-electron chi connectivity index (χ2n) is 5.97. The highest BCUT2D eigenvalue weighted by Crippen LogP contribution is 2.10. The number of hydrogen-bond donors (Lipinski definition) is 1. The maximum absolute atomic E-state index is 12.2. The highest BCUT2D eigenvalue weighted by atomic mass is 35.5. The number of benzene rings is 1. The Morgan fingerprint density at radius 1 is 1.15 bits per heavy atom. The number of amides is 3. The molecule has 0 bridgehead atoms. The van der Waals surface area contributed by atoms with Gasteiger partial charge in [-0.05, 0) is 31.0 Å². The quantitative estimate of drug-likeness (QED) is 0.760. The van der Waals surface area contributed by atoms with Crippen LogP contribution >= 0.6 is 11.6 Å². The van der Waals surface area contributed by atoms with Gasteiger partial charge in [-0.1, -0.05) is 23.7 Å². The summed E-state index contributed by atoms with van der Waals surface area (Å²) in [5, 5.41) is 3.41. The van der Waals surface area contributed by atoms with Gasteiger partial charge in [0.2, 0.25) is 11.8 Å². The summed E-state index contributed by atoms with van der Waals surface area (Å²) in [4.78, 5) is 39.0. The van der Waals surface area contributed by atoms with Gasteiger partial charge in [-0.3, -0.25) is 9.59 Å². The summed E-state index contributed by atoms with van der Waals surface area (Å²) in [5.41, 5.74) is 1.03. The van der Waals surface area contributed by atoms with Gasteiger partial charge in [-0.25, -0.2) is 4.79 Å². The second kappa shape index (κ2) is 10.0. The summed E-state index contributed by atoms with van der Waals surface area (Å²) < 4.78 is 4.94. The van der Waals surface area contributed by atoms with E-state index in [1.54, 1.807) is 22.8 Å². The lowest BCUT2D eigenvalue weighted by Gasteiger charge is -2.34. The van der Waals surface area contributed by atoms with Crippen molar-refractivity contribution in [3.05, 3.63) is 34.9 Å². The number of carbonyl (C=O) groups excluding carboxylic acids is 3. The number of hydrogen-bond acceptors (Lipinski definition) is 4. The third kappa shape index (κ3) is 6.22. The van der Waals surface area contributed by atoms with Crippen LogP contribution in [0.5, 0.6) is 0 Å². The highest BCUT2D eigenvalue weighted by molar-refractivity contribution is 6.30. The van der Waals surface area contributed by atoms with E-state index >= 15 is 0 Å². The maximum atomic E-state index is 12.2. The van der Waals surface area contributed by atoms with Crippen LogP contribution in [-0.4, -0.2) is 67.0 Å². The fraction of sp³-hybridized carbons (Fsp3) is 0.500. The molecular weight excluding hydrogens is 358 g/mol. The minimum atomic E-state index is -0.363. The fourth-order valence-corrected chi connectivity index (χ4v) is 2.92. The second-order valence-corrected chi connectivity index (χ2v) is 6.41. The van der Waals surface area contributed by atoms with Crippen molar-refractivity contribution in [3.63, 3.8) is 0 Å². The van der Waals surface area contributed by atoms with Crippen LogP contribution in [0.15, 0.2) is 24.3 Å². The fourth-order valence-electron chi connectivity index (χ4n) is 2.70. The van der Waals surface area contributed by atoms with Gasteiger partial charge in [-0.2, -0.15) is 0 Å². The zero-order valence-electron chi connectivity index (χ0n) is 14.9. The van der Waals surface area contributed by atoms with E-state index in [9.17, 15) is 14.4 Å². The van der Waals surface area contributed by atoms with Crippen molar-refractivity contribution >= 4 is 29.5 Å². The molecular formula is C18H24ClN3O4. The Bertz CT molecular complexity index is 645. The van der Waals surface area contributed by atoms with E-state index in [4.69, 9.17) is 16.3 Å². The molecule has 0 unspecified atom stereocenters. The standard InChI is InChI=1S/C18H24ClN3O4/c1-2-26-18(25)22-10-8-21(9-11-22)17(24)13-16(23)20-7-6-14-4-3-5-15(19)12-14/h3-5,12H,2,6-11,13H2,1H3,(H,20,23). The molecule has 1 N–H and O–H groups in total. The molecule has 1 aliphatic heterocycles. The predicted octanol–water partition coefficient (Wildman–Crippen LogP) is 1.69. The Morgan fingerprint density at radius 3 is 2.50 bits per heavy atom. The van der Waals surface area contributed by atoms with Crippen LogP contribution < -0.4 is 5.32 Å². The summed E-state index contributed by atoms with van der Waals surface area (Å²) in [7, 11) is 0. The average Bonchev–Trinajstić information content (AvgIpc) is 2.62. The lowest BCUT2D eigenvalue weighted by molar-refractivity contribution is -0.137. The Balaban J connectivity index is 1.67. The first-order chi connectivity index (χ1) is 12.5. The molecule has 1 aromatic rings. The van der Waals surface area contributed by atoms with Crippen molar-refractivity contribution in [2.24, 2.45) is 0 Å². The van der Waals surface area contributed by atoms with E-state index < -0.39 is 0 Å². The van der Waals surface area contributed by atoms with Gasteiger partial charge in [0.1, 0.15) is 6.42 Å². The molecule has 1 aromatic carbocycles. The number of halogens is 1. The molecule has 1 aliphatic rings. The third-order valence-electron chi connectivity index (χ3n) is 4.10. The zero-order valence-corrected chi connectivity index (χ0v) is 15.6. The molecule has 0 aromatic heterocycles. The molecule has 2 rings (SSSR count). The van der Waals surface area contributed by atoms with Gasteiger partial charge in [-0.15, -0.1) is 0 Å². The van der Waals surface area contributed by atoms with Crippen LogP contribution in [0.25, 0.3) is 0 Å². The molecule has 8 heteroatoms. The van der Waals surface area contributed by atoms with E-state index in [1.165, 1.54) is 0 Å². The summed E-state index contributed by atoms with van der Waals surface area (Å²) in [6.45, 7) is 4.18. The van der Waals surface area contributed by atoms with E-state index in [1.807, 2.05) is 18.2 Å². The van der Waals surface area contributed by atoms with Crippen molar-refractivity contribution in [1.82, 2.24) is 15.1 Å². The molecule has 142 valence electrons. The summed E-state index contributed by atoms with van der Waals surface area (Å²) in [5.74, 6) is -0.529. The number of piperazine rings is 1. The minimum absolute atomic E-state index is 0.186. The van der Waals surface area contributed by atoms with Crippen molar-refractivity contribution in [2.75, 3.05) is 39.3 Å². The molecule has 0 spiro atoms. The third-order valence-corrected chi connectivity index (χ3v) is 4.33. The Labute approximate surface area is 158 Å². The number of nitrogens with zero attached hydrogens (tertiary/aromatic N) is 2. The molecule has 3 amide bonds. The van der Waals surface area contributed by atoms with Gasteiger partial charge in [0, 0.05) is 37.7 Å². The van der Waals surface area contributed by atoms with Crippen LogP contribution in [0.2, 0.25) is 5.02 Å². The van der Waals surface area contributed by atoms with Crippen molar-refractivity contribution < 1.29 is 19.1 Å². The smallest absolute Gasteiger partial charge is 0.409 e. The molecule has 7 nitrogen and oxygen atoms in total. The van der Waals surface area contributed by atoms with Crippen LogP contribution in [0.1, 0.15) is 18.9 Å². The largest absolute Gasteiger partial charge is 0.450 e. The molecule has 0 aliphatic carbocycles. The first-order valence-electron chi connectivity index (χ1n) is 8.70. The summed E-state index contributed by atoms with van der Waals surface area (Å²) in [6, 6.07) is 7.44. The molecule has 1 fully saturated rings. The number of ether oxygens (including phenoxy) is 1. The van der Waals surface area contributed by atoms with Gasteiger partial charge < -0.3 is 19.9 Å². The van der Waals surface area contributed by atoms with Gasteiger partial charge >= 0.3 is 6.09 Å². The van der Waals surface area contributed by atoms with E-state index in [0.29, 0.717) is 50.8 Å². The molecule has 1 heterocycles. The zero-order chi connectivity index (χ0) is 18.9. The van der Waals surface area contributed by atoms with Gasteiger partial charge in [0.25, 0.3) is 0 Å². The molecule has 0 radical (unpaired) electrons. The first-order valence-corrected chi connectivity index (χ1v) is 9.08.